The second-order valence-corrected chi connectivity index (χ2v) is 7.93. The fourth-order valence-electron chi connectivity index (χ4n) is 2.62. The summed E-state index contributed by atoms with van der Waals surface area (Å²) in [4.78, 5) is 23.5. The van der Waals surface area contributed by atoms with Gasteiger partial charge >= 0.3 is 11.9 Å². The lowest BCUT2D eigenvalue weighted by Gasteiger charge is -2.18. The quantitative estimate of drug-likeness (QED) is 0.607. The van der Waals surface area contributed by atoms with Crippen LogP contribution >= 0.6 is 0 Å². The van der Waals surface area contributed by atoms with Crippen molar-refractivity contribution in [3.63, 3.8) is 0 Å². The zero-order valence-electron chi connectivity index (χ0n) is 16.3. The standard InChI is InChI=1S/C20H22FNO6S/c1-4-22(5-2)29(25,26)16-10-11-18(21)17(12-16)20(24)28-13-14-6-8-15(9-7-14)19(23)27-3/h6-12H,4-5,13H2,1-3H3. The van der Waals surface area contributed by atoms with E-state index in [1.165, 1.54) is 23.5 Å². The van der Waals surface area contributed by atoms with Crippen LogP contribution in [0.1, 0.15) is 40.1 Å². The molecule has 29 heavy (non-hydrogen) atoms. The molecule has 0 heterocycles. The summed E-state index contributed by atoms with van der Waals surface area (Å²) >= 11 is 0. The van der Waals surface area contributed by atoms with E-state index in [2.05, 4.69) is 4.74 Å². The number of nitrogens with zero attached hydrogens (tertiary/aromatic N) is 1. The van der Waals surface area contributed by atoms with E-state index in [1.807, 2.05) is 0 Å². The molecule has 2 aromatic rings. The molecule has 0 fully saturated rings. The third-order valence-electron chi connectivity index (χ3n) is 4.25. The van der Waals surface area contributed by atoms with Crippen molar-refractivity contribution in [1.29, 1.82) is 0 Å². The zero-order valence-corrected chi connectivity index (χ0v) is 17.2. The number of benzene rings is 2. The number of halogens is 1. The lowest BCUT2D eigenvalue weighted by atomic mass is 10.1. The molecule has 0 aromatic heterocycles. The lowest BCUT2D eigenvalue weighted by molar-refractivity contribution is 0.0465. The van der Waals surface area contributed by atoms with E-state index >= 15 is 0 Å². The van der Waals surface area contributed by atoms with E-state index < -0.39 is 33.3 Å². The number of hydrogen-bond donors (Lipinski definition) is 0. The zero-order chi connectivity index (χ0) is 21.6. The number of esters is 2. The Morgan fingerprint density at radius 1 is 1.00 bits per heavy atom. The van der Waals surface area contributed by atoms with Crippen molar-refractivity contribution in [3.05, 3.63) is 65.0 Å². The van der Waals surface area contributed by atoms with Gasteiger partial charge in [0.25, 0.3) is 0 Å². The van der Waals surface area contributed by atoms with Gasteiger partial charge in [0.05, 0.1) is 23.1 Å². The van der Waals surface area contributed by atoms with E-state index in [9.17, 15) is 22.4 Å². The molecule has 0 aliphatic rings. The maximum atomic E-state index is 14.1. The van der Waals surface area contributed by atoms with Gasteiger partial charge in [-0.25, -0.2) is 22.4 Å². The van der Waals surface area contributed by atoms with Crippen molar-refractivity contribution in [1.82, 2.24) is 4.31 Å². The minimum atomic E-state index is -3.84. The van der Waals surface area contributed by atoms with Crippen LogP contribution in [0.15, 0.2) is 47.4 Å². The third kappa shape index (κ3) is 5.18. The van der Waals surface area contributed by atoms with Gasteiger partial charge in [0.15, 0.2) is 0 Å². The molecule has 156 valence electrons. The second kappa shape index (κ2) is 9.62. The molecule has 0 saturated carbocycles. The van der Waals surface area contributed by atoms with Crippen molar-refractivity contribution in [2.24, 2.45) is 0 Å². The van der Waals surface area contributed by atoms with Gasteiger partial charge in [-0.05, 0) is 35.9 Å². The van der Waals surface area contributed by atoms with Crippen LogP contribution in [0.25, 0.3) is 0 Å². The first-order valence-electron chi connectivity index (χ1n) is 8.88. The molecule has 0 N–H and O–H groups in total. The van der Waals surface area contributed by atoms with Crippen molar-refractivity contribution >= 4 is 22.0 Å². The highest BCUT2D eigenvalue weighted by molar-refractivity contribution is 7.89. The Hall–Kier alpha value is -2.78. The smallest absolute Gasteiger partial charge is 0.341 e. The molecule has 0 spiro atoms. The SMILES string of the molecule is CCN(CC)S(=O)(=O)c1ccc(F)c(C(=O)OCc2ccc(C(=O)OC)cc2)c1. The first kappa shape index (κ1) is 22.5. The number of methoxy groups -OCH3 is 1. The third-order valence-corrected chi connectivity index (χ3v) is 6.29. The molecule has 0 bridgehead atoms. The Balaban J connectivity index is 2.18. The minimum absolute atomic E-state index is 0.174. The van der Waals surface area contributed by atoms with Gasteiger partial charge in [0, 0.05) is 13.1 Å². The Kier molecular flexibility index (Phi) is 7.46. The largest absolute Gasteiger partial charge is 0.465 e. The molecule has 0 aliphatic heterocycles. The van der Waals surface area contributed by atoms with Crippen molar-refractivity contribution in [2.75, 3.05) is 20.2 Å². The minimum Gasteiger partial charge on any atom is -0.465 e. The van der Waals surface area contributed by atoms with Crippen LogP contribution in [-0.4, -0.2) is 44.9 Å². The van der Waals surface area contributed by atoms with Gasteiger partial charge in [-0.1, -0.05) is 26.0 Å². The summed E-state index contributed by atoms with van der Waals surface area (Å²) in [5.74, 6) is -2.37. The molecule has 7 nitrogen and oxygen atoms in total. The normalized spacial score (nSPS) is 11.3. The van der Waals surface area contributed by atoms with E-state index in [1.54, 1.807) is 26.0 Å². The van der Waals surface area contributed by atoms with Crippen molar-refractivity contribution in [2.45, 2.75) is 25.3 Å². The predicted molar refractivity (Wildman–Crippen MR) is 103 cm³/mol. The summed E-state index contributed by atoms with van der Waals surface area (Å²) in [5, 5.41) is 0. The molecule has 0 atom stereocenters. The maximum Gasteiger partial charge on any atom is 0.341 e. The summed E-state index contributed by atoms with van der Waals surface area (Å²) in [6, 6.07) is 9.17. The Morgan fingerprint density at radius 2 is 1.62 bits per heavy atom. The molecule has 0 amide bonds. The summed E-state index contributed by atoms with van der Waals surface area (Å²) in [5.41, 5.74) is 0.436. The number of ether oxygens (including phenoxy) is 2. The molecule has 2 rings (SSSR count). The topological polar surface area (TPSA) is 90.0 Å². The summed E-state index contributed by atoms with van der Waals surface area (Å²) in [7, 11) is -2.58. The maximum absolute atomic E-state index is 14.1. The van der Waals surface area contributed by atoms with E-state index in [0.29, 0.717) is 11.1 Å². The fraction of sp³-hybridized carbons (Fsp3) is 0.300. The highest BCUT2D eigenvalue weighted by Crippen LogP contribution is 2.20. The highest BCUT2D eigenvalue weighted by Gasteiger charge is 2.24. The molecule has 0 unspecified atom stereocenters. The number of carbonyl (C=O) groups is 2. The predicted octanol–water partition coefficient (Wildman–Crippen LogP) is 3.00. The van der Waals surface area contributed by atoms with Crippen LogP contribution in [0.3, 0.4) is 0 Å². The average Bonchev–Trinajstić information content (AvgIpc) is 2.72. The summed E-state index contributed by atoms with van der Waals surface area (Å²) in [6.45, 7) is 3.69. The second-order valence-electron chi connectivity index (χ2n) is 6.00. The summed E-state index contributed by atoms with van der Waals surface area (Å²) < 4.78 is 50.2. The summed E-state index contributed by atoms with van der Waals surface area (Å²) in [6.07, 6.45) is 0. The molecule has 0 aliphatic carbocycles. The van der Waals surface area contributed by atoms with Gasteiger partial charge in [0.1, 0.15) is 12.4 Å². The molecule has 0 radical (unpaired) electrons. The van der Waals surface area contributed by atoms with Gasteiger partial charge in [-0.2, -0.15) is 4.31 Å². The number of hydrogen-bond acceptors (Lipinski definition) is 6. The Labute approximate surface area is 169 Å². The van der Waals surface area contributed by atoms with E-state index in [4.69, 9.17) is 4.74 Å². The molecule has 2 aromatic carbocycles. The average molecular weight is 423 g/mol. The van der Waals surface area contributed by atoms with Crippen LogP contribution in [0, 0.1) is 5.82 Å². The Bertz CT molecular complexity index is 985. The van der Waals surface area contributed by atoms with Gasteiger partial charge in [-0.15, -0.1) is 0 Å². The van der Waals surface area contributed by atoms with Crippen LogP contribution < -0.4 is 0 Å². The number of carbonyl (C=O) groups excluding carboxylic acids is 2. The van der Waals surface area contributed by atoms with Crippen LogP contribution in [0.4, 0.5) is 4.39 Å². The first-order valence-corrected chi connectivity index (χ1v) is 10.3. The van der Waals surface area contributed by atoms with E-state index in [0.717, 1.165) is 18.2 Å². The van der Waals surface area contributed by atoms with Crippen LogP contribution in [-0.2, 0) is 26.1 Å². The van der Waals surface area contributed by atoms with Crippen LogP contribution in [0.2, 0.25) is 0 Å². The van der Waals surface area contributed by atoms with Crippen LogP contribution in [0.5, 0.6) is 0 Å². The highest BCUT2D eigenvalue weighted by atomic mass is 32.2. The number of rotatable bonds is 8. The number of sulfonamides is 1. The van der Waals surface area contributed by atoms with Gasteiger partial charge in [-0.3, -0.25) is 0 Å². The first-order chi connectivity index (χ1) is 13.7. The van der Waals surface area contributed by atoms with Gasteiger partial charge in [0.2, 0.25) is 10.0 Å². The monoisotopic (exact) mass is 423 g/mol. The van der Waals surface area contributed by atoms with Gasteiger partial charge < -0.3 is 9.47 Å². The van der Waals surface area contributed by atoms with Crippen molar-refractivity contribution in [3.8, 4) is 0 Å². The lowest BCUT2D eigenvalue weighted by Crippen LogP contribution is -2.30. The van der Waals surface area contributed by atoms with E-state index in [-0.39, 0.29) is 24.6 Å². The van der Waals surface area contributed by atoms with Crippen molar-refractivity contribution < 1.29 is 31.9 Å². The molecular formula is C20H22FNO6S. The molecular weight excluding hydrogens is 401 g/mol. The molecule has 9 heteroatoms. The fourth-order valence-corrected chi connectivity index (χ4v) is 4.10. The Morgan fingerprint density at radius 3 is 2.17 bits per heavy atom. The molecule has 0 saturated heterocycles.